The molecule has 1 N–H and O–H groups in total. The molecule has 5 heteroatoms. The molecule has 0 saturated carbocycles. The van der Waals surface area contributed by atoms with Gasteiger partial charge in [0.2, 0.25) is 0 Å². The van der Waals surface area contributed by atoms with Crippen molar-refractivity contribution in [2.45, 2.75) is 51.7 Å². The molecule has 19 heavy (non-hydrogen) atoms. The molecule has 2 atom stereocenters. The van der Waals surface area contributed by atoms with E-state index in [2.05, 4.69) is 23.8 Å². The van der Waals surface area contributed by atoms with Crippen molar-refractivity contribution in [3.05, 3.63) is 16.4 Å². The Morgan fingerprint density at radius 3 is 2.37 bits per heavy atom. The standard InChI is InChI=1S/C14H26ClN3O/c1-7-10-13(15)11(18(6)16-10)9-12(19)14(3,8-2)17(4)5/h12,19H,7-9H2,1-6H3. The molecular weight excluding hydrogens is 262 g/mol. The molecule has 4 nitrogen and oxygen atoms in total. The van der Waals surface area contributed by atoms with Crippen LogP contribution in [0.5, 0.6) is 0 Å². The zero-order valence-electron chi connectivity index (χ0n) is 12.9. The van der Waals surface area contributed by atoms with Crippen LogP contribution in [0, 0.1) is 0 Å². The number of rotatable bonds is 6. The maximum absolute atomic E-state index is 10.6. The second-order valence-electron chi connectivity index (χ2n) is 5.51. The lowest BCUT2D eigenvalue weighted by Gasteiger charge is -2.40. The highest BCUT2D eigenvalue weighted by Gasteiger charge is 2.34. The summed E-state index contributed by atoms with van der Waals surface area (Å²) in [5.41, 5.74) is 1.54. The van der Waals surface area contributed by atoms with Crippen molar-refractivity contribution in [2.24, 2.45) is 7.05 Å². The number of aliphatic hydroxyl groups is 1. The van der Waals surface area contributed by atoms with Gasteiger partial charge in [0.25, 0.3) is 0 Å². The molecule has 0 bridgehead atoms. The fraction of sp³-hybridized carbons (Fsp3) is 0.786. The summed E-state index contributed by atoms with van der Waals surface area (Å²) in [6.45, 7) is 6.19. The van der Waals surface area contributed by atoms with Crippen LogP contribution in [0.2, 0.25) is 5.02 Å². The van der Waals surface area contributed by atoms with Crippen molar-refractivity contribution in [2.75, 3.05) is 14.1 Å². The Kier molecular flexibility index (Phi) is 5.42. The van der Waals surface area contributed by atoms with E-state index in [-0.39, 0.29) is 5.54 Å². The van der Waals surface area contributed by atoms with Crippen LogP contribution in [0.15, 0.2) is 0 Å². The number of aromatic nitrogens is 2. The van der Waals surface area contributed by atoms with Crippen LogP contribution in [0.1, 0.15) is 38.6 Å². The molecule has 2 unspecified atom stereocenters. The Balaban J connectivity index is 2.99. The van der Waals surface area contributed by atoms with Crippen LogP contribution in [0.3, 0.4) is 0 Å². The first-order valence-electron chi connectivity index (χ1n) is 6.83. The van der Waals surface area contributed by atoms with E-state index in [9.17, 15) is 5.11 Å². The van der Waals surface area contributed by atoms with Crippen LogP contribution in [-0.4, -0.2) is 45.5 Å². The van der Waals surface area contributed by atoms with E-state index < -0.39 is 6.10 Å². The number of nitrogens with zero attached hydrogens (tertiary/aromatic N) is 3. The van der Waals surface area contributed by atoms with E-state index in [1.807, 2.05) is 28.1 Å². The Labute approximate surface area is 121 Å². The number of aryl methyl sites for hydroxylation is 2. The normalized spacial score (nSPS) is 16.7. The maximum Gasteiger partial charge on any atom is 0.0850 e. The van der Waals surface area contributed by atoms with Crippen molar-refractivity contribution < 1.29 is 5.11 Å². The van der Waals surface area contributed by atoms with Gasteiger partial charge < -0.3 is 10.0 Å². The first-order chi connectivity index (χ1) is 8.77. The SMILES string of the molecule is CCc1nn(C)c(CC(O)C(C)(CC)N(C)C)c1Cl. The Morgan fingerprint density at radius 1 is 1.42 bits per heavy atom. The first kappa shape index (κ1) is 16.5. The average Bonchev–Trinajstić information content (AvgIpc) is 2.64. The highest BCUT2D eigenvalue weighted by molar-refractivity contribution is 6.31. The van der Waals surface area contributed by atoms with Gasteiger partial charge in [-0.15, -0.1) is 0 Å². The van der Waals surface area contributed by atoms with Gasteiger partial charge in [-0.1, -0.05) is 25.4 Å². The molecule has 1 aromatic heterocycles. The molecule has 1 heterocycles. The largest absolute Gasteiger partial charge is 0.391 e. The second-order valence-corrected chi connectivity index (χ2v) is 5.89. The smallest absolute Gasteiger partial charge is 0.0850 e. The maximum atomic E-state index is 10.6. The third-order valence-electron chi connectivity index (χ3n) is 4.34. The van der Waals surface area contributed by atoms with Gasteiger partial charge in [0.1, 0.15) is 0 Å². The molecule has 0 spiro atoms. The Morgan fingerprint density at radius 2 is 2.00 bits per heavy atom. The van der Waals surface area contributed by atoms with E-state index in [0.29, 0.717) is 11.4 Å². The van der Waals surface area contributed by atoms with E-state index in [1.165, 1.54) is 0 Å². The summed E-state index contributed by atoms with van der Waals surface area (Å²) in [5, 5.41) is 15.7. The number of halogens is 1. The molecule has 1 aromatic rings. The highest BCUT2D eigenvalue weighted by atomic mass is 35.5. The number of aliphatic hydroxyl groups excluding tert-OH is 1. The fourth-order valence-corrected chi connectivity index (χ4v) is 2.67. The third-order valence-corrected chi connectivity index (χ3v) is 4.78. The zero-order chi connectivity index (χ0) is 14.8. The van der Waals surface area contributed by atoms with Gasteiger partial charge in [0, 0.05) is 19.0 Å². The molecule has 1 rings (SSSR count). The first-order valence-corrected chi connectivity index (χ1v) is 7.21. The van der Waals surface area contributed by atoms with E-state index in [4.69, 9.17) is 11.6 Å². The lowest BCUT2D eigenvalue weighted by Crippen LogP contribution is -2.51. The predicted molar refractivity (Wildman–Crippen MR) is 79.7 cm³/mol. The summed E-state index contributed by atoms with van der Waals surface area (Å²) in [4.78, 5) is 2.07. The third kappa shape index (κ3) is 3.12. The van der Waals surface area contributed by atoms with Gasteiger partial charge in [-0.05, 0) is 33.9 Å². The van der Waals surface area contributed by atoms with E-state index in [1.54, 1.807) is 4.68 Å². The minimum Gasteiger partial charge on any atom is -0.391 e. The summed E-state index contributed by atoms with van der Waals surface area (Å²) < 4.78 is 1.79. The lowest BCUT2D eigenvalue weighted by molar-refractivity contribution is 0.00201. The molecule has 0 aliphatic rings. The number of hydrogen-bond acceptors (Lipinski definition) is 3. The quantitative estimate of drug-likeness (QED) is 0.873. The number of likely N-dealkylation sites (N-methyl/N-ethyl adjacent to an activating group) is 1. The summed E-state index contributed by atoms with van der Waals surface area (Å²) in [6.07, 6.45) is 1.72. The molecular formula is C14H26ClN3O. The van der Waals surface area contributed by atoms with Gasteiger partial charge in [-0.3, -0.25) is 4.68 Å². The van der Waals surface area contributed by atoms with Gasteiger partial charge >= 0.3 is 0 Å². The summed E-state index contributed by atoms with van der Waals surface area (Å²) >= 11 is 6.34. The molecule has 0 saturated heterocycles. The monoisotopic (exact) mass is 287 g/mol. The van der Waals surface area contributed by atoms with Crippen molar-refractivity contribution in [3.63, 3.8) is 0 Å². The van der Waals surface area contributed by atoms with Gasteiger partial charge in [0.15, 0.2) is 0 Å². The summed E-state index contributed by atoms with van der Waals surface area (Å²) in [6, 6.07) is 0. The number of hydrogen-bond donors (Lipinski definition) is 1. The van der Waals surface area contributed by atoms with E-state index >= 15 is 0 Å². The molecule has 0 aliphatic heterocycles. The molecule has 0 amide bonds. The average molecular weight is 288 g/mol. The zero-order valence-corrected chi connectivity index (χ0v) is 13.6. The fourth-order valence-electron chi connectivity index (χ4n) is 2.29. The Hall–Kier alpha value is -0.580. The van der Waals surface area contributed by atoms with Crippen LogP contribution in [0.4, 0.5) is 0 Å². The minimum atomic E-state index is -0.481. The van der Waals surface area contributed by atoms with Crippen molar-refractivity contribution in [3.8, 4) is 0 Å². The van der Waals surface area contributed by atoms with Crippen LogP contribution >= 0.6 is 11.6 Å². The molecule has 0 fully saturated rings. The van der Waals surface area contributed by atoms with Gasteiger partial charge in [-0.2, -0.15) is 5.10 Å². The van der Waals surface area contributed by atoms with Crippen LogP contribution in [0.25, 0.3) is 0 Å². The highest BCUT2D eigenvalue weighted by Crippen LogP contribution is 2.28. The van der Waals surface area contributed by atoms with Crippen molar-refractivity contribution in [1.82, 2.24) is 14.7 Å². The van der Waals surface area contributed by atoms with Crippen molar-refractivity contribution >= 4 is 11.6 Å². The van der Waals surface area contributed by atoms with E-state index in [0.717, 1.165) is 24.2 Å². The predicted octanol–water partition coefficient (Wildman–Crippen LogP) is 2.27. The molecule has 110 valence electrons. The Bertz CT molecular complexity index is 431. The van der Waals surface area contributed by atoms with Crippen LogP contribution in [-0.2, 0) is 19.9 Å². The van der Waals surface area contributed by atoms with Crippen LogP contribution < -0.4 is 0 Å². The molecule has 0 aliphatic carbocycles. The van der Waals surface area contributed by atoms with Gasteiger partial charge in [0.05, 0.1) is 22.5 Å². The molecule has 0 radical (unpaired) electrons. The topological polar surface area (TPSA) is 41.3 Å². The van der Waals surface area contributed by atoms with Gasteiger partial charge in [-0.25, -0.2) is 0 Å². The summed E-state index contributed by atoms with van der Waals surface area (Å²) in [7, 11) is 5.87. The second kappa shape index (κ2) is 6.25. The minimum absolute atomic E-state index is 0.264. The van der Waals surface area contributed by atoms with Crippen molar-refractivity contribution in [1.29, 1.82) is 0 Å². The lowest BCUT2D eigenvalue weighted by atomic mass is 9.87. The summed E-state index contributed by atoms with van der Waals surface area (Å²) in [5.74, 6) is 0. The molecule has 0 aromatic carbocycles.